The predicted octanol–water partition coefficient (Wildman–Crippen LogP) is 2.15. The van der Waals surface area contributed by atoms with E-state index in [1.165, 1.54) is 23.5 Å². The van der Waals surface area contributed by atoms with Crippen molar-refractivity contribution in [1.82, 2.24) is 4.90 Å². The zero-order valence-electron chi connectivity index (χ0n) is 10.7. The molecule has 2 bridgehead atoms. The van der Waals surface area contributed by atoms with Crippen LogP contribution in [0.2, 0.25) is 0 Å². The summed E-state index contributed by atoms with van der Waals surface area (Å²) in [5, 5.41) is 0. The average molecular weight is 245 g/mol. The Morgan fingerprint density at radius 2 is 1.83 bits per heavy atom. The van der Waals surface area contributed by atoms with Gasteiger partial charge in [0.15, 0.2) is 0 Å². The van der Waals surface area contributed by atoms with Crippen LogP contribution in [0, 0.1) is 23.7 Å². The third-order valence-corrected chi connectivity index (χ3v) is 4.87. The zero-order valence-corrected chi connectivity index (χ0v) is 10.7. The summed E-state index contributed by atoms with van der Waals surface area (Å²) in [6, 6.07) is 0. The van der Waals surface area contributed by atoms with E-state index in [2.05, 4.69) is 19.1 Å². The molecule has 0 radical (unpaired) electrons. The minimum Gasteiger partial charge on any atom is -0.275 e. The molecule has 1 saturated carbocycles. The van der Waals surface area contributed by atoms with Gasteiger partial charge in [0.1, 0.15) is 0 Å². The molecule has 0 aromatic heterocycles. The summed E-state index contributed by atoms with van der Waals surface area (Å²) in [4.78, 5) is 24.2. The number of rotatable bonds is 4. The second kappa shape index (κ2) is 4.38. The van der Waals surface area contributed by atoms with Gasteiger partial charge in [0.05, 0.1) is 0 Å². The van der Waals surface area contributed by atoms with Crippen LogP contribution in [0.4, 0.5) is 0 Å². The highest BCUT2D eigenvalue weighted by Crippen LogP contribution is 2.49. The van der Waals surface area contributed by atoms with Gasteiger partial charge in [-0.2, -0.15) is 0 Å². The quantitative estimate of drug-likeness (QED) is 0.562. The van der Waals surface area contributed by atoms with Crippen LogP contribution in [-0.4, -0.2) is 23.3 Å². The maximum Gasteiger partial charge on any atom is 0.253 e. The van der Waals surface area contributed by atoms with E-state index >= 15 is 0 Å². The lowest BCUT2D eigenvalue weighted by Crippen LogP contribution is -2.31. The van der Waals surface area contributed by atoms with Gasteiger partial charge in [-0.1, -0.05) is 19.1 Å². The fourth-order valence-electron chi connectivity index (χ4n) is 3.79. The molecule has 3 nitrogen and oxygen atoms in total. The number of nitrogens with zero attached hydrogens (tertiary/aromatic N) is 1. The summed E-state index contributed by atoms with van der Waals surface area (Å²) in [6.45, 7) is 2.92. The first-order valence-corrected chi connectivity index (χ1v) is 6.88. The summed E-state index contributed by atoms with van der Waals surface area (Å²) in [6.07, 6.45) is 10.8. The standard InChI is InChI=1S/C15H19NO2/c1-10-11-4-5-12(9-11)13(10)3-2-8-16-14(17)6-7-15(16)18/h4-7,10-13H,2-3,8-9H2,1H3. The number of hydrogen-bond acceptors (Lipinski definition) is 2. The molecule has 4 unspecified atom stereocenters. The van der Waals surface area contributed by atoms with Crippen LogP contribution in [0.1, 0.15) is 26.2 Å². The van der Waals surface area contributed by atoms with Crippen LogP contribution < -0.4 is 0 Å². The molecular formula is C15H19NO2. The number of imide groups is 1. The van der Waals surface area contributed by atoms with Crippen LogP contribution in [0.15, 0.2) is 24.3 Å². The van der Waals surface area contributed by atoms with Crippen molar-refractivity contribution in [3.8, 4) is 0 Å². The van der Waals surface area contributed by atoms with Gasteiger partial charge in [0.25, 0.3) is 11.8 Å². The Hall–Kier alpha value is -1.38. The normalized spacial score (nSPS) is 37.3. The van der Waals surface area contributed by atoms with Crippen LogP contribution in [0.3, 0.4) is 0 Å². The first-order chi connectivity index (χ1) is 8.66. The highest BCUT2D eigenvalue weighted by Gasteiger charge is 2.41. The molecule has 2 amide bonds. The Bertz CT molecular complexity index is 420. The monoisotopic (exact) mass is 245 g/mol. The summed E-state index contributed by atoms with van der Waals surface area (Å²) >= 11 is 0. The summed E-state index contributed by atoms with van der Waals surface area (Å²) in [7, 11) is 0. The molecular weight excluding hydrogens is 226 g/mol. The molecule has 0 N–H and O–H groups in total. The van der Waals surface area contributed by atoms with Crippen LogP contribution in [-0.2, 0) is 9.59 Å². The minimum atomic E-state index is -0.152. The maximum absolute atomic E-state index is 11.4. The maximum atomic E-state index is 11.4. The molecule has 3 heteroatoms. The molecule has 2 aliphatic carbocycles. The Morgan fingerprint density at radius 3 is 2.44 bits per heavy atom. The van der Waals surface area contributed by atoms with Gasteiger partial charge in [-0.15, -0.1) is 0 Å². The molecule has 0 spiro atoms. The largest absolute Gasteiger partial charge is 0.275 e. The van der Waals surface area contributed by atoms with Gasteiger partial charge in [0, 0.05) is 18.7 Å². The molecule has 1 aliphatic heterocycles. The van der Waals surface area contributed by atoms with Crippen LogP contribution in [0.5, 0.6) is 0 Å². The molecule has 3 aliphatic rings. The molecule has 96 valence electrons. The Kier molecular flexibility index (Phi) is 2.84. The Balaban J connectivity index is 1.50. The molecule has 0 aromatic rings. The van der Waals surface area contributed by atoms with E-state index < -0.39 is 0 Å². The lowest BCUT2D eigenvalue weighted by molar-refractivity contribution is -0.136. The number of fused-ring (bicyclic) bond motifs is 2. The van der Waals surface area contributed by atoms with Gasteiger partial charge >= 0.3 is 0 Å². The molecule has 0 saturated heterocycles. The summed E-state index contributed by atoms with van der Waals surface area (Å²) in [5.74, 6) is 2.73. The smallest absolute Gasteiger partial charge is 0.253 e. The fourth-order valence-corrected chi connectivity index (χ4v) is 3.79. The van der Waals surface area contributed by atoms with Crippen molar-refractivity contribution in [3.05, 3.63) is 24.3 Å². The number of carbonyl (C=O) groups is 2. The predicted molar refractivity (Wildman–Crippen MR) is 68.5 cm³/mol. The zero-order chi connectivity index (χ0) is 12.7. The molecule has 0 aromatic carbocycles. The highest BCUT2D eigenvalue weighted by atomic mass is 16.2. The molecule has 1 heterocycles. The topological polar surface area (TPSA) is 37.4 Å². The molecule has 3 rings (SSSR count). The summed E-state index contributed by atoms with van der Waals surface area (Å²) in [5.41, 5.74) is 0. The average Bonchev–Trinajstić information content (AvgIpc) is 3.01. The van der Waals surface area contributed by atoms with Crippen molar-refractivity contribution in [3.63, 3.8) is 0 Å². The van der Waals surface area contributed by atoms with E-state index in [0.717, 1.165) is 36.5 Å². The second-order valence-electron chi connectivity index (χ2n) is 5.77. The fraction of sp³-hybridized carbons (Fsp3) is 0.600. The van der Waals surface area contributed by atoms with Crippen molar-refractivity contribution < 1.29 is 9.59 Å². The second-order valence-corrected chi connectivity index (χ2v) is 5.77. The molecule has 1 fully saturated rings. The van der Waals surface area contributed by atoms with Crippen molar-refractivity contribution in [2.45, 2.75) is 26.2 Å². The Labute approximate surface area is 108 Å². The van der Waals surface area contributed by atoms with E-state index in [4.69, 9.17) is 0 Å². The first kappa shape index (κ1) is 11.7. The van der Waals surface area contributed by atoms with E-state index in [9.17, 15) is 9.59 Å². The van der Waals surface area contributed by atoms with E-state index in [0.29, 0.717) is 6.54 Å². The number of allylic oxidation sites excluding steroid dienone is 2. The van der Waals surface area contributed by atoms with E-state index in [1.807, 2.05) is 0 Å². The van der Waals surface area contributed by atoms with Gasteiger partial charge in [-0.05, 0) is 42.9 Å². The number of hydrogen-bond donors (Lipinski definition) is 0. The lowest BCUT2D eigenvalue weighted by atomic mass is 9.81. The highest BCUT2D eigenvalue weighted by molar-refractivity contribution is 6.12. The Morgan fingerprint density at radius 1 is 1.17 bits per heavy atom. The molecule has 18 heavy (non-hydrogen) atoms. The van der Waals surface area contributed by atoms with E-state index in [1.54, 1.807) is 0 Å². The van der Waals surface area contributed by atoms with Crippen molar-refractivity contribution >= 4 is 11.8 Å². The van der Waals surface area contributed by atoms with Crippen molar-refractivity contribution in [1.29, 1.82) is 0 Å². The van der Waals surface area contributed by atoms with Gasteiger partial charge < -0.3 is 0 Å². The van der Waals surface area contributed by atoms with E-state index in [-0.39, 0.29) is 11.8 Å². The molecule has 4 atom stereocenters. The lowest BCUT2D eigenvalue weighted by Gasteiger charge is -2.25. The van der Waals surface area contributed by atoms with Crippen LogP contribution >= 0.6 is 0 Å². The van der Waals surface area contributed by atoms with Crippen LogP contribution in [0.25, 0.3) is 0 Å². The SMILES string of the molecule is CC1C2C=CC(C2)C1CCCN1C(=O)C=CC1=O. The number of amides is 2. The van der Waals surface area contributed by atoms with Crippen molar-refractivity contribution in [2.75, 3.05) is 6.54 Å². The number of carbonyl (C=O) groups excluding carboxylic acids is 2. The minimum absolute atomic E-state index is 0.152. The third-order valence-electron chi connectivity index (χ3n) is 4.87. The van der Waals surface area contributed by atoms with Gasteiger partial charge in [0.2, 0.25) is 0 Å². The van der Waals surface area contributed by atoms with Crippen molar-refractivity contribution in [2.24, 2.45) is 23.7 Å². The van der Waals surface area contributed by atoms with Gasteiger partial charge in [-0.3, -0.25) is 14.5 Å². The third kappa shape index (κ3) is 1.82. The first-order valence-electron chi connectivity index (χ1n) is 6.88. The summed E-state index contributed by atoms with van der Waals surface area (Å²) < 4.78 is 0. The van der Waals surface area contributed by atoms with Gasteiger partial charge in [-0.25, -0.2) is 0 Å².